The molecule has 1 unspecified atom stereocenters. The molecule has 0 saturated heterocycles. The number of benzene rings is 1. The first-order chi connectivity index (χ1) is 7.11. The lowest BCUT2D eigenvalue weighted by molar-refractivity contribution is -0.117. The fourth-order valence-electron chi connectivity index (χ4n) is 1.53. The monoisotopic (exact) mass is 212 g/mol. The molecule has 0 aromatic heterocycles. The highest BCUT2D eigenvalue weighted by molar-refractivity contribution is 6.02. The van der Waals surface area contributed by atoms with Crippen molar-refractivity contribution in [2.45, 2.75) is 19.4 Å². The van der Waals surface area contributed by atoms with Gasteiger partial charge in [-0.1, -0.05) is 6.92 Å². The number of halogens is 2. The summed E-state index contributed by atoms with van der Waals surface area (Å²) in [6.07, 6.45) is 0.588. The lowest BCUT2D eigenvalue weighted by Gasteiger charge is -2.25. The smallest absolute Gasteiger partial charge is 0.246 e. The van der Waals surface area contributed by atoms with Crippen LogP contribution in [0.1, 0.15) is 13.3 Å². The molecule has 1 heterocycles. The number of fused-ring (bicyclic) bond motifs is 1. The van der Waals surface area contributed by atoms with E-state index in [-0.39, 0.29) is 17.6 Å². The maximum Gasteiger partial charge on any atom is 0.246 e. The molecule has 2 N–H and O–H groups in total. The first-order valence-electron chi connectivity index (χ1n) is 4.68. The maximum atomic E-state index is 12.9. The topological polar surface area (TPSA) is 41.1 Å². The number of hydrogen-bond donors (Lipinski definition) is 2. The van der Waals surface area contributed by atoms with Crippen molar-refractivity contribution >= 4 is 17.3 Å². The van der Waals surface area contributed by atoms with Gasteiger partial charge in [0.2, 0.25) is 5.91 Å². The molecular formula is C10H10F2N2O. The van der Waals surface area contributed by atoms with Crippen LogP contribution in [0.2, 0.25) is 0 Å². The Hall–Kier alpha value is -1.65. The van der Waals surface area contributed by atoms with Crippen LogP contribution in [0.5, 0.6) is 0 Å². The molecule has 3 nitrogen and oxygen atoms in total. The Labute approximate surface area is 85.5 Å². The molecule has 15 heavy (non-hydrogen) atoms. The molecule has 0 bridgehead atoms. The number of carbonyl (C=O) groups excluding carboxylic acids is 1. The minimum absolute atomic E-state index is 0.226. The molecule has 1 amide bonds. The summed E-state index contributed by atoms with van der Waals surface area (Å²) in [5, 5.41) is 5.37. The van der Waals surface area contributed by atoms with E-state index >= 15 is 0 Å². The van der Waals surface area contributed by atoms with Crippen molar-refractivity contribution in [1.29, 1.82) is 0 Å². The molecule has 0 fully saturated rings. The van der Waals surface area contributed by atoms with Gasteiger partial charge in [0.25, 0.3) is 0 Å². The molecule has 0 radical (unpaired) electrons. The van der Waals surface area contributed by atoms with Crippen LogP contribution in [0, 0.1) is 11.6 Å². The quantitative estimate of drug-likeness (QED) is 0.748. The number of hydrogen-bond acceptors (Lipinski definition) is 2. The van der Waals surface area contributed by atoms with Crippen LogP contribution in [0.25, 0.3) is 0 Å². The highest BCUT2D eigenvalue weighted by Gasteiger charge is 2.24. The van der Waals surface area contributed by atoms with Crippen LogP contribution in [-0.4, -0.2) is 11.9 Å². The maximum absolute atomic E-state index is 12.9. The first kappa shape index (κ1) is 9.89. The summed E-state index contributed by atoms with van der Waals surface area (Å²) < 4.78 is 25.8. The van der Waals surface area contributed by atoms with Crippen molar-refractivity contribution in [2.75, 3.05) is 10.6 Å². The second-order valence-corrected chi connectivity index (χ2v) is 3.41. The van der Waals surface area contributed by atoms with Gasteiger partial charge in [0.1, 0.15) is 6.04 Å². The standard InChI is InChI=1S/C10H10F2N2O/c1-2-7-10(15)14-9-4-6(12)5(11)3-8(9)13-7/h3-4,7,13H,2H2,1H3,(H,14,15). The molecule has 0 aliphatic carbocycles. The summed E-state index contributed by atoms with van der Waals surface area (Å²) in [4.78, 5) is 11.4. The van der Waals surface area contributed by atoms with Crippen molar-refractivity contribution in [3.63, 3.8) is 0 Å². The normalized spacial score (nSPS) is 19.1. The van der Waals surface area contributed by atoms with E-state index in [4.69, 9.17) is 0 Å². The summed E-state index contributed by atoms with van der Waals surface area (Å²) in [5.74, 6) is -2.12. The van der Waals surface area contributed by atoms with E-state index in [2.05, 4.69) is 10.6 Å². The zero-order chi connectivity index (χ0) is 11.0. The number of carbonyl (C=O) groups is 1. The van der Waals surface area contributed by atoms with Gasteiger partial charge in [0, 0.05) is 12.1 Å². The van der Waals surface area contributed by atoms with Gasteiger partial charge in [-0.3, -0.25) is 4.79 Å². The van der Waals surface area contributed by atoms with E-state index in [1.165, 1.54) is 0 Å². The van der Waals surface area contributed by atoms with Crippen LogP contribution in [0.3, 0.4) is 0 Å². The molecule has 5 heteroatoms. The minimum atomic E-state index is -0.967. The molecule has 1 aliphatic heterocycles. The molecule has 80 valence electrons. The van der Waals surface area contributed by atoms with Crippen molar-refractivity contribution in [2.24, 2.45) is 0 Å². The van der Waals surface area contributed by atoms with Crippen LogP contribution in [-0.2, 0) is 4.79 Å². The SMILES string of the molecule is CCC1Nc2cc(F)c(F)cc2NC1=O. The highest BCUT2D eigenvalue weighted by atomic mass is 19.2. The van der Waals surface area contributed by atoms with Gasteiger partial charge in [-0.15, -0.1) is 0 Å². The van der Waals surface area contributed by atoms with Gasteiger partial charge >= 0.3 is 0 Å². The van der Waals surface area contributed by atoms with Crippen molar-refractivity contribution in [1.82, 2.24) is 0 Å². The van der Waals surface area contributed by atoms with Gasteiger partial charge in [-0.05, 0) is 6.42 Å². The van der Waals surface area contributed by atoms with E-state index in [9.17, 15) is 13.6 Å². The number of amides is 1. The van der Waals surface area contributed by atoms with Gasteiger partial charge in [0.05, 0.1) is 11.4 Å². The molecule has 1 aromatic rings. The number of nitrogens with one attached hydrogen (secondary N) is 2. The Bertz CT molecular complexity index is 420. The van der Waals surface area contributed by atoms with E-state index in [1.807, 2.05) is 6.92 Å². The molecule has 1 atom stereocenters. The summed E-state index contributed by atoms with van der Waals surface area (Å²) >= 11 is 0. The fourth-order valence-corrected chi connectivity index (χ4v) is 1.53. The molecule has 1 aliphatic rings. The predicted molar refractivity (Wildman–Crippen MR) is 52.7 cm³/mol. The van der Waals surface area contributed by atoms with Crippen molar-refractivity contribution in [3.05, 3.63) is 23.8 Å². The Morgan fingerprint density at radius 2 is 1.87 bits per heavy atom. The third-order valence-electron chi connectivity index (χ3n) is 2.37. The summed E-state index contributed by atoms with van der Waals surface area (Å²) in [6.45, 7) is 1.84. The van der Waals surface area contributed by atoms with Crippen molar-refractivity contribution < 1.29 is 13.6 Å². The minimum Gasteiger partial charge on any atom is -0.372 e. The van der Waals surface area contributed by atoms with E-state index in [0.29, 0.717) is 12.1 Å². The molecule has 2 rings (SSSR count). The third-order valence-corrected chi connectivity index (χ3v) is 2.37. The molecule has 1 aromatic carbocycles. The van der Waals surface area contributed by atoms with Crippen molar-refractivity contribution in [3.8, 4) is 0 Å². The van der Waals surface area contributed by atoms with Crippen LogP contribution in [0.4, 0.5) is 20.2 Å². The summed E-state index contributed by atoms with van der Waals surface area (Å²) in [7, 11) is 0. The molecular weight excluding hydrogens is 202 g/mol. The second-order valence-electron chi connectivity index (χ2n) is 3.41. The van der Waals surface area contributed by atoms with Gasteiger partial charge in [-0.25, -0.2) is 8.78 Å². The molecule has 0 saturated carbocycles. The predicted octanol–water partition coefficient (Wildman–Crippen LogP) is 2.11. The highest BCUT2D eigenvalue weighted by Crippen LogP contribution is 2.29. The van der Waals surface area contributed by atoms with Crippen LogP contribution in [0.15, 0.2) is 12.1 Å². The zero-order valence-electron chi connectivity index (χ0n) is 8.10. The Morgan fingerprint density at radius 3 is 2.47 bits per heavy atom. The largest absolute Gasteiger partial charge is 0.372 e. The Kier molecular flexibility index (Phi) is 2.30. The van der Waals surface area contributed by atoms with E-state index in [1.54, 1.807) is 0 Å². The van der Waals surface area contributed by atoms with E-state index in [0.717, 1.165) is 12.1 Å². The Balaban J connectivity index is 2.41. The first-order valence-corrected chi connectivity index (χ1v) is 4.68. The van der Waals surface area contributed by atoms with Gasteiger partial charge in [-0.2, -0.15) is 0 Å². The van der Waals surface area contributed by atoms with E-state index < -0.39 is 11.6 Å². The lowest BCUT2D eigenvalue weighted by atomic mass is 10.1. The number of rotatable bonds is 1. The summed E-state index contributed by atoms with van der Waals surface area (Å²) in [5.41, 5.74) is 0.698. The molecule has 0 spiro atoms. The van der Waals surface area contributed by atoms with Gasteiger partial charge in [0.15, 0.2) is 11.6 Å². The zero-order valence-corrected chi connectivity index (χ0v) is 8.10. The summed E-state index contributed by atoms with van der Waals surface area (Å²) in [6, 6.07) is 1.64. The fraction of sp³-hybridized carbons (Fsp3) is 0.300. The second kappa shape index (κ2) is 3.49. The lowest BCUT2D eigenvalue weighted by Crippen LogP contribution is -2.38. The average Bonchev–Trinajstić information content (AvgIpc) is 2.20. The average molecular weight is 212 g/mol. The number of anilines is 2. The van der Waals surface area contributed by atoms with Crippen LogP contribution < -0.4 is 10.6 Å². The van der Waals surface area contributed by atoms with Gasteiger partial charge < -0.3 is 10.6 Å². The Morgan fingerprint density at radius 1 is 1.27 bits per heavy atom. The van der Waals surface area contributed by atoms with Crippen LogP contribution >= 0.6 is 0 Å². The third kappa shape index (κ3) is 1.65.